The minimum absolute atomic E-state index is 0.106. The number of aliphatic hydroxyl groups is 1. The van der Waals surface area contributed by atoms with Crippen molar-refractivity contribution in [3.63, 3.8) is 0 Å². The Morgan fingerprint density at radius 1 is 1.44 bits per heavy atom. The number of anilines is 1. The van der Waals surface area contributed by atoms with Crippen LogP contribution in [-0.4, -0.2) is 23.7 Å². The molecule has 0 heterocycles. The van der Waals surface area contributed by atoms with Gasteiger partial charge in [0.05, 0.1) is 28.3 Å². The SMILES string of the molecule is CC(C)[C@@H](CO)NC(=O)c1cc(N)cc(Cl)c1Cl. The Hall–Kier alpha value is -0.970. The first-order valence-electron chi connectivity index (χ1n) is 5.53. The molecular weight excluding hydrogens is 275 g/mol. The third kappa shape index (κ3) is 3.51. The van der Waals surface area contributed by atoms with Gasteiger partial charge in [-0.15, -0.1) is 0 Å². The Morgan fingerprint density at radius 3 is 2.56 bits per heavy atom. The van der Waals surface area contributed by atoms with Gasteiger partial charge < -0.3 is 16.2 Å². The van der Waals surface area contributed by atoms with Crippen molar-refractivity contribution in [1.82, 2.24) is 5.32 Å². The smallest absolute Gasteiger partial charge is 0.253 e. The number of rotatable bonds is 4. The van der Waals surface area contributed by atoms with Crippen molar-refractivity contribution in [2.45, 2.75) is 19.9 Å². The van der Waals surface area contributed by atoms with Crippen LogP contribution < -0.4 is 11.1 Å². The molecule has 0 aliphatic rings. The standard InChI is InChI=1S/C12H16Cl2N2O2/c1-6(2)10(5-17)16-12(18)8-3-7(15)4-9(13)11(8)14/h3-4,6,10,17H,5,15H2,1-2H3,(H,16,18)/t10-/m1/s1. The van der Waals surface area contributed by atoms with Crippen LogP contribution >= 0.6 is 23.2 Å². The third-order valence-corrected chi connectivity index (χ3v) is 3.42. The molecule has 0 unspecified atom stereocenters. The van der Waals surface area contributed by atoms with Crippen LogP contribution in [0.2, 0.25) is 10.0 Å². The van der Waals surface area contributed by atoms with Crippen LogP contribution in [-0.2, 0) is 0 Å². The number of nitrogens with one attached hydrogen (secondary N) is 1. The topological polar surface area (TPSA) is 75.3 Å². The van der Waals surface area contributed by atoms with Gasteiger partial charge in [0.2, 0.25) is 0 Å². The molecule has 0 radical (unpaired) electrons. The van der Waals surface area contributed by atoms with Crippen molar-refractivity contribution in [2.24, 2.45) is 5.92 Å². The van der Waals surface area contributed by atoms with Crippen molar-refractivity contribution in [1.29, 1.82) is 0 Å². The molecule has 0 fully saturated rings. The normalized spacial score (nSPS) is 12.6. The van der Waals surface area contributed by atoms with Crippen LogP contribution in [0.3, 0.4) is 0 Å². The van der Waals surface area contributed by atoms with E-state index in [0.29, 0.717) is 5.69 Å². The summed E-state index contributed by atoms with van der Waals surface area (Å²) in [6.45, 7) is 3.65. The summed E-state index contributed by atoms with van der Waals surface area (Å²) in [5.74, 6) is -0.295. The van der Waals surface area contributed by atoms with Gasteiger partial charge in [0.1, 0.15) is 0 Å². The monoisotopic (exact) mass is 290 g/mol. The van der Waals surface area contributed by atoms with Crippen LogP contribution in [0, 0.1) is 5.92 Å². The summed E-state index contributed by atoms with van der Waals surface area (Å²) in [5.41, 5.74) is 6.19. The van der Waals surface area contributed by atoms with E-state index in [0.717, 1.165) is 0 Å². The lowest BCUT2D eigenvalue weighted by molar-refractivity contribution is 0.0897. The Kier molecular flexibility index (Phi) is 5.26. The van der Waals surface area contributed by atoms with Crippen LogP contribution in [0.4, 0.5) is 5.69 Å². The summed E-state index contributed by atoms with van der Waals surface area (Å²) in [6.07, 6.45) is 0. The first kappa shape index (κ1) is 15.1. The molecule has 6 heteroatoms. The highest BCUT2D eigenvalue weighted by molar-refractivity contribution is 6.44. The Morgan fingerprint density at radius 2 is 2.06 bits per heavy atom. The minimum atomic E-state index is -0.401. The summed E-state index contributed by atoms with van der Waals surface area (Å²) < 4.78 is 0. The number of benzene rings is 1. The molecule has 0 aromatic heterocycles. The Labute approximate surface area is 116 Å². The zero-order valence-corrected chi connectivity index (χ0v) is 11.7. The summed E-state index contributed by atoms with van der Waals surface area (Å²) in [5, 5.41) is 12.2. The number of aliphatic hydroxyl groups excluding tert-OH is 1. The predicted molar refractivity (Wildman–Crippen MR) is 74.1 cm³/mol. The maximum atomic E-state index is 12.0. The van der Waals surface area contributed by atoms with E-state index in [2.05, 4.69) is 5.32 Å². The van der Waals surface area contributed by atoms with Gasteiger partial charge in [-0.05, 0) is 18.1 Å². The van der Waals surface area contributed by atoms with Crippen molar-refractivity contribution >= 4 is 34.8 Å². The molecule has 1 aromatic rings. The molecule has 0 aliphatic carbocycles. The van der Waals surface area contributed by atoms with Gasteiger partial charge in [-0.1, -0.05) is 37.0 Å². The van der Waals surface area contributed by atoms with E-state index >= 15 is 0 Å². The Bertz CT molecular complexity index is 450. The maximum Gasteiger partial charge on any atom is 0.253 e. The minimum Gasteiger partial charge on any atom is -0.399 e. The first-order chi connectivity index (χ1) is 8.36. The van der Waals surface area contributed by atoms with E-state index in [-0.39, 0.29) is 34.2 Å². The highest BCUT2D eigenvalue weighted by atomic mass is 35.5. The van der Waals surface area contributed by atoms with Gasteiger partial charge in [0.15, 0.2) is 0 Å². The van der Waals surface area contributed by atoms with Crippen molar-refractivity contribution in [2.75, 3.05) is 12.3 Å². The molecule has 1 amide bonds. The number of carbonyl (C=O) groups excluding carboxylic acids is 1. The van der Waals surface area contributed by atoms with Crippen LogP contribution in [0.15, 0.2) is 12.1 Å². The first-order valence-corrected chi connectivity index (χ1v) is 6.28. The van der Waals surface area contributed by atoms with Crippen LogP contribution in [0.5, 0.6) is 0 Å². The van der Waals surface area contributed by atoms with E-state index in [9.17, 15) is 9.90 Å². The number of nitrogen functional groups attached to an aromatic ring is 1. The largest absolute Gasteiger partial charge is 0.399 e. The highest BCUT2D eigenvalue weighted by Crippen LogP contribution is 2.28. The second-order valence-electron chi connectivity index (χ2n) is 4.37. The number of halogens is 2. The van der Waals surface area contributed by atoms with Crippen molar-refractivity contribution in [3.05, 3.63) is 27.7 Å². The molecule has 100 valence electrons. The van der Waals surface area contributed by atoms with Gasteiger partial charge in [-0.2, -0.15) is 0 Å². The fourth-order valence-corrected chi connectivity index (χ4v) is 1.87. The van der Waals surface area contributed by atoms with E-state index in [1.807, 2.05) is 13.8 Å². The molecule has 0 saturated heterocycles. The molecule has 1 aromatic carbocycles. The average Bonchev–Trinajstić information content (AvgIpc) is 2.29. The van der Waals surface area contributed by atoms with Crippen LogP contribution in [0.1, 0.15) is 24.2 Å². The second-order valence-corrected chi connectivity index (χ2v) is 5.16. The molecule has 1 rings (SSSR count). The van der Waals surface area contributed by atoms with E-state index < -0.39 is 5.91 Å². The summed E-state index contributed by atoms with van der Waals surface area (Å²) in [4.78, 5) is 12.0. The van der Waals surface area contributed by atoms with Gasteiger partial charge in [0.25, 0.3) is 5.91 Å². The average molecular weight is 291 g/mol. The molecule has 18 heavy (non-hydrogen) atoms. The molecule has 0 spiro atoms. The predicted octanol–water partition coefficient (Wildman–Crippen LogP) is 2.32. The number of carbonyl (C=O) groups is 1. The number of amides is 1. The maximum absolute atomic E-state index is 12.0. The van der Waals surface area contributed by atoms with E-state index in [1.54, 1.807) is 0 Å². The molecule has 0 aliphatic heterocycles. The molecule has 4 nitrogen and oxygen atoms in total. The Balaban J connectivity index is 2.97. The lowest BCUT2D eigenvalue weighted by Crippen LogP contribution is -2.41. The summed E-state index contributed by atoms with van der Waals surface area (Å²) >= 11 is 11.8. The molecule has 0 saturated carbocycles. The van der Waals surface area contributed by atoms with Gasteiger partial charge >= 0.3 is 0 Å². The number of nitrogens with two attached hydrogens (primary N) is 1. The quantitative estimate of drug-likeness (QED) is 0.745. The van der Waals surface area contributed by atoms with Crippen molar-refractivity contribution < 1.29 is 9.90 Å². The van der Waals surface area contributed by atoms with Gasteiger partial charge in [-0.25, -0.2) is 0 Å². The fourth-order valence-electron chi connectivity index (χ4n) is 1.44. The fraction of sp³-hybridized carbons (Fsp3) is 0.417. The zero-order valence-electron chi connectivity index (χ0n) is 10.2. The molecular formula is C12H16Cl2N2O2. The second kappa shape index (κ2) is 6.27. The third-order valence-electron chi connectivity index (χ3n) is 2.61. The lowest BCUT2D eigenvalue weighted by Gasteiger charge is -2.20. The molecule has 0 bridgehead atoms. The number of hydrogen-bond donors (Lipinski definition) is 3. The van der Waals surface area contributed by atoms with Gasteiger partial charge in [-0.3, -0.25) is 4.79 Å². The lowest BCUT2D eigenvalue weighted by atomic mass is 10.0. The molecule has 1 atom stereocenters. The van der Waals surface area contributed by atoms with Gasteiger partial charge in [0, 0.05) is 5.69 Å². The van der Waals surface area contributed by atoms with Crippen LogP contribution in [0.25, 0.3) is 0 Å². The van der Waals surface area contributed by atoms with E-state index in [4.69, 9.17) is 28.9 Å². The summed E-state index contributed by atoms with van der Waals surface area (Å²) in [6, 6.07) is 2.60. The summed E-state index contributed by atoms with van der Waals surface area (Å²) in [7, 11) is 0. The zero-order chi connectivity index (χ0) is 13.9. The highest BCUT2D eigenvalue weighted by Gasteiger charge is 2.19. The molecule has 4 N–H and O–H groups in total. The van der Waals surface area contributed by atoms with Crippen molar-refractivity contribution in [3.8, 4) is 0 Å². The van der Waals surface area contributed by atoms with E-state index in [1.165, 1.54) is 12.1 Å². The number of hydrogen-bond acceptors (Lipinski definition) is 3.